The van der Waals surface area contributed by atoms with E-state index >= 15 is 0 Å². The summed E-state index contributed by atoms with van der Waals surface area (Å²) in [6.45, 7) is 5.29. The van der Waals surface area contributed by atoms with Crippen molar-refractivity contribution in [2.24, 2.45) is 0 Å². The molecule has 3 rings (SSSR count). The summed E-state index contributed by atoms with van der Waals surface area (Å²) in [4.78, 5) is 14.1. The Kier molecular flexibility index (Phi) is 5.02. The van der Waals surface area contributed by atoms with Gasteiger partial charge in [-0.15, -0.1) is 13.2 Å². The van der Waals surface area contributed by atoms with Gasteiger partial charge in [-0.1, -0.05) is 6.07 Å². The van der Waals surface area contributed by atoms with E-state index in [0.29, 0.717) is 12.8 Å². The minimum atomic E-state index is -5.00. The molecular formula is C19H23F4NO4. The lowest BCUT2D eigenvalue weighted by molar-refractivity contribution is -0.275. The molecule has 1 N–H and O–H groups in total. The van der Waals surface area contributed by atoms with Crippen LogP contribution in [0, 0.1) is 5.82 Å². The molecule has 0 spiro atoms. The van der Waals surface area contributed by atoms with Crippen LogP contribution in [-0.4, -0.2) is 40.1 Å². The summed E-state index contributed by atoms with van der Waals surface area (Å²) in [5.41, 5.74) is -1.93. The van der Waals surface area contributed by atoms with Crippen LogP contribution in [-0.2, 0) is 10.3 Å². The molecule has 156 valence electrons. The topological polar surface area (TPSA) is 59.0 Å². The summed E-state index contributed by atoms with van der Waals surface area (Å²) in [6, 6.07) is 2.38. The molecule has 2 bridgehead atoms. The van der Waals surface area contributed by atoms with Crippen LogP contribution in [0.5, 0.6) is 5.75 Å². The van der Waals surface area contributed by atoms with Crippen LogP contribution in [0.3, 0.4) is 0 Å². The lowest BCUT2D eigenvalue weighted by atomic mass is 9.80. The van der Waals surface area contributed by atoms with Crippen molar-refractivity contribution in [1.29, 1.82) is 0 Å². The molecular weight excluding hydrogens is 382 g/mol. The molecule has 2 heterocycles. The number of nitrogens with zero attached hydrogens (tertiary/aromatic N) is 1. The highest BCUT2D eigenvalue weighted by atomic mass is 19.4. The number of fused-ring (bicyclic) bond motifs is 2. The molecule has 2 fully saturated rings. The molecule has 2 saturated heterocycles. The standard InChI is InChI=1S/C19H23F4NO4/c1-17(2,3)28-16(25)24-12-5-6-13(24)10-18(26,9-12)11-4-7-15(14(20)8-11)27-19(21,22)23/h4,7-8,12-13,26H,5-6,9-10H2,1-3H3. The Morgan fingerprint density at radius 2 is 1.75 bits per heavy atom. The van der Waals surface area contributed by atoms with E-state index in [0.717, 1.165) is 12.1 Å². The second-order valence-corrected chi connectivity index (χ2v) is 8.41. The molecule has 0 aliphatic carbocycles. The average molecular weight is 405 g/mol. The Bertz CT molecular complexity index is 745. The molecule has 0 aromatic heterocycles. The largest absolute Gasteiger partial charge is 0.573 e. The Morgan fingerprint density at radius 3 is 2.21 bits per heavy atom. The molecule has 0 radical (unpaired) electrons. The Labute approximate surface area is 160 Å². The number of hydrogen-bond acceptors (Lipinski definition) is 4. The summed E-state index contributed by atoms with van der Waals surface area (Å²) in [5.74, 6) is -2.15. The smallest absolute Gasteiger partial charge is 0.444 e. The second-order valence-electron chi connectivity index (χ2n) is 8.41. The lowest BCUT2D eigenvalue weighted by Gasteiger charge is -2.44. The van der Waals surface area contributed by atoms with E-state index in [1.54, 1.807) is 25.7 Å². The van der Waals surface area contributed by atoms with Crippen LogP contribution in [0.2, 0.25) is 0 Å². The molecule has 5 nitrogen and oxygen atoms in total. The van der Waals surface area contributed by atoms with Crippen LogP contribution in [0.1, 0.15) is 52.0 Å². The van der Waals surface area contributed by atoms with Gasteiger partial charge < -0.3 is 19.5 Å². The number of piperidine rings is 1. The minimum absolute atomic E-state index is 0.154. The highest BCUT2D eigenvalue weighted by Crippen LogP contribution is 2.46. The number of halogens is 4. The maximum atomic E-state index is 14.1. The van der Waals surface area contributed by atoms with E-state index in [1.807, 2.05) is 0 Å². The Morgan fingerprint density at radius 1 is 1.18 bits per heavy atom. The first-order valence-electron chi connectivity index (χ1n) is 9.07. The number of aliphatic hydroxyl groups is 1. The number of rotatable bonds is 2. The molecule has 0 saturated carbocycles. The number of carbonyl (C=O) groups excluding carboxylic acids is 1. The van der Waals surface area contributed by atoms with Crippen LogP contribution in [0.25, 0.3) is 0 Å². The second kappa shape index (κ2) is 6.79. The van der Waals surface area contributed by atoms with Crippen molar-refractivity contribution in [1.82, 2.24) is 4.90 Å². The summed E-state index contributed by atoms with van der Waals surface area (Å²) < 4.78 is 60.1. The first kappa shape index (κ1) is 20.7. The van der Waals surface area contributed by atoms with E-state index in [1.165, 1.54) is 6.07 Å². The summed E-state index contributed by atoms with van der Waals surface area (Å²) in [5, 5.41) is 11.1. The van der Waals surface area contributed by atoms with Crippen LogP contribution in [0.15, 0.2) is 18.2 Å². The molecule has 1 amide bonds. The van der Waals surface area contributed by atoms with Gasteiger partial charge in [0.2, 0.25) is 0 Å². The molecule has 2 unspecified atom stereocenters. The third-order valence-electron chi connectivity index (χ3n) is 5.07. The normalized spacial score (nSPS) is 27.6. The monoisotopic (exact) mass is 405 g/mol. The first-order chi connectivity index (χ1) is 12.8. The third-order valence-corrected chi connectivity index (χ3v) is 5.07. The Balaban J connectivity index is 1.79. The van der Waals surface area contributed by atoms with Gasteiger partial charge >= 0.3 is 12.5 Å². The highest BCUT2D eigenvalue weighted by Gasteiger charge is 2.51. The van der Waals surface area contributed by atoms with E-state index in [-0.39, 0.29) is 30.5 Å². The molecule has 2 aliphatic rings. The van der Waals surface area contributed by atoms with Gasteiger partial charge in [0.1, 0.15) is 5.60 Å². The van der Waals surface area contributed by atoms with Crippen LogP contribution >= 0.6 is 0 Å². The zero-order chi connectivity index (χ0) is 20.9. The van der Waals surface area contributed by atoms with E-state index in [2.05, 4.69) is 4.74 Å². The van der Waals surface area contributed by atoms with Gasteiger partial charge in [-0.2, -0.15) is 0 Å². The predicted molar refractivity (Wildman–Crippen MR) is 91.1 cm³/mol. The zero-order valence-electron chi connectivity index (χ0n) is 15.8. The van der Waals surface area contributed by atoms with Crippen molar-refractivity contribution >= 4 is 6.09 Å². The minimum Gasteiger partial charge on any atom is -0.444 e. The van der Waals surface area contributed by atoms with Gasteiger partial charge in [0.05, 0.1) is 5.60 Å². The summed E-state index contributed by atoms with van der Waals surface area (Å²) in [7, 11) is 0. The van der Waals surface area contributed by atoms with Crippen LogP contribution in [0.4, 0.5) is 22.4 Å². The van der Waals surface area contributed by atoms with Crippen molar-refractivity contribution < 1.29 is 36.9 Å². The number of hydrogen-bond donors (Lipinski definition) is 1. The molecule has 1 aromatic carbocycles. The van der Waals surface area contributed by atoms with E-state index < -0.39 is 35.2 Å². The number of alkyl halides is 3. The highest BCUT2D eigenvalue weighted by molar-refractivity contribution is 5.69. The third kappa shape index (κ3) is 4.34. The zero-order valence-corrected chi connectivity index (χ0v) is 15.8. The molecule has 28 heavy (non-hydrogen) atoms. The molecule has 2 aliphatic heterocycles. The summed E-state index contributed by atoms with van der Waals surface area (Å²) in [6.07, 6.45) is -3.81. The van der Waals surface area contributed by atoms with Gasteiger partial charge in [-0.05, 0) is 51.3 Å². The fourth-order valence-corrected chi connectivity index (χ4v) is 4.07. The molecule has 2 atom stereocenters. The molecule has 9 heteroatoms. The van der Waals surface area contributed by atoms with E-state index in [4.69, 9.17) is 4.74 Å². The van der Waals surface area contributed by atoms with Gasteiger partial charge in [-0.3, -0.25) is 0 Å². The van der Waals surface area contributed by atoms with Gasteiger partial charge in [0.15, 0.2) is 11.6 Å². The quantitative estimate of drug-likeness (QED) is 0.738. The van der Waals surface area contributed by atoms with Gasteiger partial charge in [0.25, 0.3) is 0 Å². The fourth-order valence-electron chi connectivity index (χ4n) is 4.07. The number of benzene rings is 1. The Hall–Kier alpha value is -2.03. The number of carbonyl (C=O) groups is 1. The van der Waals surface area contributed by atoms with Crippen molar-refractivity contribution in [2.45, 2.75) is 76.1 Å². The fraction of sp³-hybridized carbons (Fsp3) is 0.632. The molecule has 1 aromatic rings. The summed E-state index contributed by atoms with van der Waals surface area (Å²) >= 11 is 0. The maximum Gasteiger partial charge on any atom is 0.573 e. The van der Waals surface area contributed by atoms with Gasteiger partial charge in [-0.25, -0.2) is 9.18 Å². The van der Waals surface area contributed by atoms with E-state index in [9.17, 15) is 27.5 Å². The predicted octanol–water partition coefficient (Wildman–Crippen LogP) is 4.47. The van der Waals surface area contributed by atoms with Crippen molar-refractivity contribution in [3.05, 3.63) is 29.6 Å². The number of ether oxygens (including phenoxy) is 2. The van der Waals surface area contributed by atoms with Crippen molar-refractivity contribution in [3.63, 3.8) is 0 Å². The SMILES string of the molecule is CC(C)(C)OC(=O)N1C2CCC1CC(O)(c1ccc(OC(F)(F)F)c(F)c1)C2. The first-order valence-corrected chi connectivity index (χ1v) is 9.07. The van der Waals surface area contributed by atoms with Crippen molar-refractivity contribution in [2.75, 3.05) is 0 Å². The van der Waals surface area contributed by atoms with Crippen molar-refractivity contribution in [3.8, 4) is 5.75 Å². The average Bonchev–Trinajstić information content (AvgIpc) is 2.79. The van der Waals surface area contributed by atoms with Crippen LogP contribution < -0.4 is 4.74 Å². The van der Waals surface area contributed by atoms with Gasteiger partial charge in [0, 0.05) is 24.9 Å². The lowest BCUT2D eigenvalue weighted by Crippen LogP contribution is -2.53. The maximum absolute atomic E-state index is 14.1. The number of amides is 1.